The van der Waals surface area contributed by atoms with Gasteiger partial charge in [-0.05, 0) is 43.8 Å². The topological polar surface area (TPSA) is 29.5 Å². The van der Waals surface area contributed by atoms with Gasteiger partial charge in [0.05, 0.1) is 5.48 Å². The fourth-order valence-electron chi connectivity index (χ4n) is 1.33. The summed E-state index contributed by atoms with van der Waals surface area (Å²) < 4.78 is 35.3. The highest BCUT2D eigenvalue weighted by atomic mass is 79.9. The van der Waals surface area contributed by atoms with Crippen molar-refractivity contribution in [3.8, 4) is 0 Å². The van der Waals surface area contributed by atoms with Gasteiger partial charge in [0, 0.05) is 23.8 Å². The Morgan fingerprint density at radius 1 is 0.870 bits per heavy atom. The first-order valence-corrected chi connectivity index (χ1v) is 13.8. The van der Waals surface area contributed by atoms with Crippen molar-refractivity contribution in [3.05, 3.63) is 0 Å². The van der Waals surface area contributed by atoms with Crippen LogP contribution in [0.1, 0.15) is 77.6 Å². The van der Waals surface area contributed by atoms with Crippen LogP contribution in [0.4, 0.5) is 0 Å². The van der Waals surface area contributed by atoms with Crippen LogP contribution in [0.3, 0.4) is 0 Å². The van der Waals surface area contributed by atoms with Crippen LogP contribution in [-0.2, 0) is 4.43 Å². The van der Waals surface area contributed by atoms with Gasteiger partial charge in [0.15, 0.2) is 8.32 Å². The molecule has 0 aromatic rings. The summed E-state index contributed by atoms with van der Waals surface area (Å²) >= 11 is 6.66. The maximum Gasteiger partial charge on any atom is 0.191 e. The highest BCUT2D eigenvalue weighted by molar-refractivity contribution is 9.09. The Labute approximate surface area is 169 Å². The standard InChI is InChI=1S/C12H27BrOSi.C6H13BrO/c1-12(2,3)15(4,5)14-11-9-7-6-8-10-13;7-5-3-1-2-4-6-8/h6-11H2,1-5H3;8H,1-6H2/i11D2;6D2. The van der Waals surface area contributed by atoms with Crippen molar-refractivity contribution >= 4 is 40.2 Å². The molecule has 5 heteroatoms. The zero-order valence-electron chi connectivity index (χ0n) is 19.7. The molecule has 0 radical (unpaired) electrons. The lowest BCUT2D eigenvalue weighted by Gasteiger charge is -2.36. The number of alkyl halides is 2. The maximum atomic E-state index is 8.64. The van der Waals surface area contributed by atoms with Crippen molar-refractivity contribution < 1.29 is 15.0 Å². The van der Waals surface area contributed by atoms with Crippen molar-refractivity contribution in [3.63, 3.8) is 0 Å². The maximum absolute atomic E-state index is 8.64. The van der Waals surface area contributed by atoms with E-state index in [1.54, 1.807) is 0 Å². The largest absolute Gasteiger partial charge is 0.417 e. The summed E-state index contributed by atoms with van der Waals surface area (Å²) in [5, 5.41) is 10.7. The number of rotatable bonds is 12. The molecule has 0 bridgehead atoms. The third-order valence-corrected chi connectivity index (χ3v) is 9.36. The summed E-state index contributed by atoms with van der Waals surface area (Å²) in [6, 6.07) is 0. The van der Waals surface area contributed by atoms with Gasteiger partial charge in [-0.2, -0.15) is 0 Å². The summed E-state index contributed by atoms with van der Waals surface area (Å²) in [7, 11) is -1.99. The second-order valence-corrected chi connectivity index (χ2v) is 13.5. The minimum atomic E-state index is -1.99. The van der Waals surface area contributed by atoms with E-state index in [0.717, 1.165) is 49.2 Å². The summed E-state index contributed by atoms with van der Waals surface area (Å²) in [5.41, 5.74) is 0. The molecule has 0 aliphatic heterocycles. The molecule has 23 heavy (non-hydrogen) atoms. The number of halogens is 2. The van der Waals surface area contributed by atoms with Gasteiger partial charge in [-0.3, -0.25) is 0 Å². The summed E-state index contributed by atoms with van der Waals surface area (Å²) in [6.45, 7) is 7.19. The van der Waals surface area contributed by atoms with Crippen molar-refractivity contribution in [2.75, 3.05) is 23.8 Å². The molecule has 0 saturated heterocycles. The van der Waals surface area contributed by atoms with E-state index in [4.69, 9.17) is 15.0 Å². The van der Waals surface area contributed by atoms with Crippen LogP contribution in [0, 0.1) is 0 Å². The molecule has 0 aliphatic carbocycles. The first-order valence-electron chi connectivity index (χ1n) is 10.6. The normalized spacial score (nSPS) is 15.8. The smallest absolute Gasteiger partial charge is 0.191 e. The summed E-state index contributed by atoms with van der Waals surface area (Å²) in [5.74, 6) is 0. The van der Waals surface area contributed by atoms with Gasteiger partial charge in [-0.15, -0.1) is 0 Å². The molecule has 2 nitrogen and oxygen atoms in total. The number of hydrogen-bond donors (Lipinski definition) is 1. The first kappa shape index (κ1) is 18.9. The molecule has 0 heterocycles. The molecule has 0 spiro atoms. The zero-order chi connectivity index (χ0) is 21.8. The Bertz CT molecular complexity index is 373. The molecule has 0 saturated carbocycles. The fraction of sp³-hybridized carbons (Fsp3) is 1.00. The van der Waals surface area contributed by atoms with Crippen LogP contribution in [0.25, 0.3) is 0 Å². The zero-order valence-corrected chi connectivity index (χ0v) is 19.9. The van der Waals surface area contributed by atoms with Crippen molar-refractivity contribution in [2.24, 2.45) is 0 Å². The molecule has 0 fully saturated rings. The predicted molar refractivity (Wildman–Crippen MR) is 115 cm³/mol. The molecular weight excluding hydrogens is 436 g/mol. The molecule has 0 aliphatic rings. The molecule has 0 unspecified atom stereocenters. The third kappa shape index (κ3) is 17.7. The van der Waals surface area contributed by atoms with Crippen molar-refractivity contribution in [1.82, 2.24) is 0 Å². The third-order valence-electron chi connectivity index (χ3n) is 3.97. The Morgan fingerprint density at radius 2 is 1.30 bits per heavy atom. The number of aliphatic hydroxyl groups is 1. The van der Waals surface area contributed by atoms with E-state index in [1.807, 2.05) is 0 Å². The van der Waals surface area contributed by atoms with Gasteiger partial charge >= 0.3 is 0 Å². The van der Waals surface area contributed by atoms with E-state index >= 15 is 0 Å². The molecule has 1 N–H and O–H groups in total. The SMILES string of the molecule is [2H]C([2H])(CCCCCBr)O[Si](C)(C)C(C)(C)C.[2H]C([2H])(O)CCCCCBr. The first-order chi connectivity index (χ1) is 12.1. The average molecular weight is 480 g/mol. The van der Waals surface area contributed by atoms with E-state index in [2.05, 4.69) is 65.7 Å². The Kier molecular flexibility index (Phi) is 13.6. The fourth-order valence-corrected chi connectivity index (χ4v) is 2.89. The lowest BCUT2D eigenvalue weighted by atomic mass is 10.2. The molecule has 0 amide bonds. The molecule has 0 aromatic carbocycles. The highest BCUT2D eigenvalue weighted by Crippen LogP contribution is 2.36. The van der Waals surface area contributed by atoms with Gasteiger partial charge in [0.2, 0.25) is 0 Å². The van der Waals surface area contributed by atoms with Crippen molar-refractivity contribution in [2.45, 2.75) is 90.3 Å². The molecule has 0 rings (SSSR count). The molecule has 0 aromatic heterocycles. The molecular formula is C18H40Br2O2Si. The van der Waals surface area contributed by atoms with Crippen LogP contribution in [0.15, 0.2) is 0 Å². The summed E-state index contributed by atoms with van der Waals surface area (Å²) in [4.78, 5) is 0. The van der Waals surface area contributed by atoms with Gasteiger partial charge in [-0.1, -0.05) is 78.3 Å². The van der Waals surface area contributed by atoms with E-state index in [1.165, 1.54) is 0 Å². The lowest BCUT2D eigenvalue weighted by molar-refractivity contribution is 0.278. The van der Waals surface area contributed by atoms with E-state index in [0.29, 0.717) is 6.42 Å². The van der Waals surface area contributed by atoms with Crippen LogP contribution < -0.4 is 0 Å². The van der Waals surface area contributed by atoms with Gasteiger partial charge in [-0.25, -0.2) is 0 Å². The monoisotopic (exact) mass is 478 g/mol. The number of hydrogen-bond acceptors (Lipinski definition) is 2. The highest BCUT2D eigenvalue weighted by Gasteiger charge is 2.36. The van der Waals surface area contributed by atoms with Gasteiger partial charge in [0.25, 0.3) is 0 Å². The Balaban J connectivity index is 0. The number of unbranched alkanes of at least 4 members (excludes halogenated alkanes) is 4. The predicted octanol–water partition coefficient (Wildman–Crippen LogP) is 6.90. The van der Waals surface area contributed by atoms with E-state index < -0.39 is 21.4 Å². The molecule has 142 valence electrons. The van der Waals surface area contributed by atoms with Crippen LogP contribution in [0.5, 0.6) is 0 Å². The lowest BCUT2D eigenvalue weighted by Crippen LogP contribution is -2.40. The van der Waals surface area contributed by atoms with Crippen LogP contribution >= 0.6 is 31.9 Å². The Hall–Kier alpha value is 1.10. The van der Waals surface area contributed by atoms with E-state index in [9.17, 15) is 0 Å². The van der Waals surface area contributed by atoms with Crippen molar-refractivity contribution in [1.29, 1.82) is 0 Å². The summed E-state index contributed by atoms with van der Waals surface area (Å²) in [6.07, 6.45) is 6.61. The Morgan fingerprint density at radius 3 is 1.70 bits per heavy atom. The van der Waals surface area contributed by atoms with Gasteiger partial charge < -0.3 is 9.53 Å². The quantitative estimate of drug-likeness (QED) is 0.187. The minimum Gasteiger partial charge on any atom is -0.417 e. The second-order valence-electron chi connectivity index (χ2n) is 7.16. The minimum absolute atomic E-state index is 0.0657. The van der Waals surface area contributed by atoms with E-state index in [-0.39, 0.29) is 11.5 Å². The average Bonchev–Trinajstić information content (AvgIpc) is 2.46. The van der Waals surface area contributed by atoms with Crippen LogP contribution in [-0.4, -0.2) is 37.2 Å². The van der Waals surface area contributed by atoms with Crippen LogP contribution in [0.2, 0.25) is 18.1 Å². The van der Waals surface area contributed by atoms with Gasteiger partial charge in [0.1, 0.15) is 0 Å². The molecule has 0 atom stereocenters. The second kappa shape index (κ2) is 16.6.